The van der Waals surface area contributed by atoms with Crippen molar-refractivity contribution in [3.05, 3.63) is 59.2 Å². The molecule has 2 rings (SSSR count). The third-order valence-electron chi connectivity index (χ3n) is 3.12. The van der Waals surface area contributed by atoms with Crippen LogP contribution in [0.4, 0.5) is 0 Å². The Labute approximate surface area is 108 Å². The van der Waals surface area contributed by atoms with Gasteiger partial charge >= 0.3 is 0 Å². The Morgan fingerprint density at radius 1 is 0.889 bits per heavy atom. The van der Waals surface area contributed by atoms with Crippen LogP contribution in [0, 0.1) is 13.8 Å². The molecule has 0 unspecified atom stereocenters. The maximum absolute atomic E-state index is 5.81. The normalized spacial score (nSPS) is 12.2. The largest absolute Gasteiger partial charge is 0.457 e. The molecular formula is C16H19NO. The van der Waals surface area contributed by atoms with Crippen molar-refractivity contribution in [2.24, 2.45) is 5.73 Å². The van der Waals surface area contributed by atoms with Gasteiger partial charge in [-0.3, -0.25) is 0 Å². The van der Waals surface area contributed by atoms with E-state index in [2.05, 4.69) is 26.0 Å². The maximum atomic E-state index is 5.81. The number of hydrogen-bond acceptors (Lipinski definition) is 2. The Hall–Kier alpha value is -1.80. The van der Waals surface area contributed by atoms with Gasteiger partial charge in [-0.2, -0.15) is 0 Å². The topological polar surface area (TPSA) is 35.2 Å². The summed E-state index contributed by atoms with van der Waals surface area (Å²) in [6.07, 6.45) is 0. The van der Waals surface area contributed by atoms with Gasteiger partial charge in [-0.1, -0.05) is 18.2 Å². The molecule has 0 heterocycles. The lowest BCUT2D eigenvalue weighted by molar-refractivity contribution is 0.481. The Bertz CT molecular complexity index is 529. The summed E-state index contributed by atoms with van der Waals surface area (Å²) in [5.41, 5.74) is 9.43. The van der Waals surface area contributed by atoms with Crippen molar-refractivity contribution in [2.45, 2.75) is 26.8 Å². The van der Waals surface area contributed by atoms with E-state index in [1.807, 2.05) is 37.3 Å². The van der Waals surface area contributed by atoms with Gasteiger partial charge in [-0.25, -0.2) is 0 Å². The molecular weight excluding hydrogens is 222 g/mol. The van der Waals surface area contributed by atoms with Crippen molar-refractivity contribution in [2.75, 3.05) is 0 Å². The third-order valence-corrected chi connectivity index (χ3v) is 3.12. The Kier molecular flexibility index (Phi) is 3.68. The molecule has 2 nitrogen and oxygen atoms in total. The van der Waals surface area contributed by atoms with Crippen molar-refractivity contribution < 1.29 is 4.74 Å². The number of rotatable bonds is 3. The molecule has 0 saturated heterocycles. The predicted molar refractivity (Wildman–Crippen MR) is 75.0 cm³/mol. The van der Waals surface area contributed by atoms with Gasteiger partial charge in [0.05, 0.1) is 0 Å². The lowest BCUT2D eigenvalue weighted by Gasteiger charge is -2.10. The first kappa shape index (κ1) is 12.7. The van der Waals surface area contributed by atoms with Crippen LogP contribution in [-0.2, 0) is 0 Å². The van der Waals surface area contributed by atoms with Gasteiger partial charge in [-0.05, 0) is 61.7 Å². The van der Waals surface area contributed by atoms with Gasteiger partial charge in [-0.15, -0.1) is 0 Å². The summed E-state index contributed by atoms with van der Waals surface area (Å²) in [6.45, 7) is 6.15. The van der Waals surface area contributed by atoms with Crippen LogP contribution in [0.3, 0.4) is 0 Å². The highest BCUT2D eigenvalue weighted by molar-refractivity contribution is 5.38. The van der Waals surface area contributed by atoms with Gasteiger partial charge in [0.15, 0.2) is 0 Å². The van der Waals surface area contributed by atoms with Crippen molar-refractivity contribution in [1.29, 1.82) is 0 Å². The SMILES string of the molecule is Cc1ccc(Oc2ccc([C@H](C)N)cc2)cc1C. The Balaban J connectivity index is 2.15. The Morgan fingerprint density at radius 3 is 2.06 bits per heavy atom. The van der Waals surface area contributed by atoms with Crippen LogP contribution in [0.1, 0.15) is 29.7 Å². The third kappa shape index (κ3) is 2.90. The van der Waals surface area contributed by atoms with E-state index in [1.165, 1.54) is 11.1 Å². The number of benzene rings is 2. The summed E-state index contributed by atoms with van der Waals surface area (Å²) in [6, 6.07) is 14.1. The smallest absolute Gasteiger partial charge is 0.127 e. The zero-order valence-corrected chi connectivity index (χ0v) is 11.1. The lowest BCUT2D eigenvalue weighted by atomic mass is 10.1. The average Bonchev–Trinajstić information content (AvgIpc) is 2.34. The maximum Gasteiger partial charge on any atom is 0.127 e. The van der Waals surface area contributed by atoms with Gasteiger partial charge in [0.1, 0.15) is 11.5 Å². The molecule has 0 aromatic heterocycles. The second-order valence-corrected chi connectivity index (χ2v) is 4.71. The number of aryl methyl sites for hydroxylation is 2. The van der Waals surface area contributed by atoms with Crippen molar-refractivity contribution >= 4 is 0 Å². The summed E-state index contributed by atoms with van der Waals surface area (Å²) in [7, 11) is 0. The van der Waals surface area contributed by atoms with Gasteiger partial charge < -0.3 is 10.5 Å². The summed E-state index contributed by atoms with van der Waals surface area (Å²) in [4.78, 5) is 0. The van der Waals surface area contributed by atoms with E-state index >= 15 is 0 Å². The highest BCUT2D eigenvalue weighted by atomic mass is 16.5. The monoisotopic (exact) mass is 241 g/mol. The fourth-order valence-corrected chi connectivity index (χ4v) is 1.75. The fourth-order valence-electron chi connectivity index (χ4n) is 1.75. The molecule has 2 N–H and O–H groups in total. The van der Waals surface area contributed by atoms with Crippen LogP contribution < -0.4 is 10.5 Å². The predicted octanol–water partition coefficient (Wildman–Crippen LogP) is 4.12. The summed E-state index contributed by atoms with van der Waals surface area (Å²) < 4.78 is 5.81. The molecule has 1 atom stereocenters. The summed E-state index contributed by atoms with van der Waals surface area (Å²) >= 11 is 0. The van der Waals surface area contributed by atoms with Crippen molar-refractivity contribution in [1.82, 2.24) is 0 Å². The molecule has 0 saturated carbocycles. The second-order valence-electron chi connectivity index (χ2n) is 4.71. The molecule has 0 aliphatic heterocycles. The minimum atomic E-state index is 0.0562. The second kappa shape index (κ2) is 5.23. The minimum absolute atomic E-state index is 0.0562. The van der Waals surface area contributed by atoms with Crippen LogP contribution in [0.5, 0.6) is 11.5 Å². The summed E-state index contributed by atoms with van der Waals surface area (Å²) in [5.74, 6) is 1.70. The van der Waals surface area contributed by atoms with E-state index in [0.29, 0.717) is 0 Å². The summed E-state index contributed by atoms with van der Waals surface area (Å²) in [5, 5.41) is 0. The van der Waals surface area contributed by atoms with Gasteiger partial charge in [0.25, 0.3) is 0 Å². The van der Waals surface area contributed by atoms with Crippen LogP contribution in [0.25, 0.3) is 0 Å². The molecule has 18 heavy (non-hydrogen) atoms. The van der Waals surface area contributed by atoms with Crippen LogP contribution in [0.2, 0.25) is 0 Å². The highest BCUT2D eigenvalue weighted by Gasteiger charge is 2.02. The first-order valence-corrected chi connectivity index (χ1v) is 6.17. The van der Waals surface area contributed by atoms with E-state index in [9.17, 15) is 0 Å². The molecule has 0 aliphatic rings. The van der Waals surface area contributed by atoms with Crippen LogP contribution in [-0.4, -0.2) is 0 Å². The highest BCUT2D eigenvalue weighted by Crippen LogP contribution is 2.24. The van der Waals surface area contributed by atoms with E-state index in [-0.39, 0.29) is 6.04 Å². The zero-order valence-electron chi connectivity index (χ0n) is 11.1. The van der Waals surface area contributed by atoms with E-state index in [0.717, 1.165) is 17.1 Å². The van der Waals surface area contributed by atoms with Crippen molar-refractivity contribution in [3.8, 4) is 11.5 Å². The molecule has 94 valence electrons. The number of ether oxygens (including phenoxy) is 1. The number of hydrogen-bond donors (Lipinski definition) is 1. The van der Waals surface area contributed by atoms with E-state index in [1.54, 1.807) is 0 Å². The van der Waals surface area contributed by atoms with Crippen LogP contribution in [0.15, 0.2) is 42.5 Å². The fraction of sp³-hybridized carbons (Fsp3) is 0.250. The first-order valence-electron chi connectivity index (χ1n) is 6.17. The minimum Gasteiger partial charge on any atom is -0.457 e. The molecule has 0 radical (unpaired) electrons. The zero-order chi connectivity index (χ0) is 13.1. The molecule has 2 aromatic carbocycles. The number of nitrogens with two attached hydrogens (primary N) is 1. The molecule has 0 aliphatic carbocycles. The lowest BCUT2D eigenvalue weighted by Crippen LogP contribution is -2.04. The van der Waals surface area contributed by atoms with E-state index in [4.69, 9.17) is 10.5 Å². The van der Waals surface area contributed by atoms with Gasteiger partial charge in [0, 0.05) is 6.04 Å². The standard InChI is InChI=1S/C16H19NO/c1-11-4-7-16(10-12(11)2)18-15-8-5-14(6-9-15)13(3)17/h4-10,13H,17H2,1-3H3/t13-/m0/s1. The quantitative estimate of drug-likeness (QED) is 0.877. The van der Waals surface area contributed by atoms with E-state index < -0.39 is 0 Å². The molecule has 0 bridgehead atoms. The van der Waals surface area contributed by atoms with Gasteiger partial charge in [0.2, 0.25) is 0 Å². The van der Waals surface area contributed by atoms with Crippen molar-refractivity contribution in [3.63, 3.8) is 0 Å². The molecule has 0 fully saturated rings. The molecule has 2 aromatic rings. The molecule has 2 heteroatoms. The average molecular weight is 241 g/mol. The molecule has 0 spiro atoms. The first-order chi connectivity index (χ1) is 8.56. The Morgan fingerprint density at radius 2 is 1.50 bits per heavy atom. The molecule has 0 amide bonds. The van der Waals surface area contributed by atoms with Crippen LogP contribution >= 0.6 is 0 Å².